The van der Waals surface area contributed by atoms with Gasteiger partial charge in [-0.2, -0.15) is 5.10 Å². The first-order valence-electron chi connectivity index (χ1n) is 8.39. The molecule has 4 heterocycles. The third-order valence-corrected chi connectivity index (χ3v) is 4.65. The van der Waals surface area contributed by atoms with Crippen LogP contribution in [0.25, 0.3) is 5.65 Å². The Labute approximate surface area is 145 Å². The van der Waals surface area contributed by atoms with Crippen molar-refractivity contribution < 1.29 is 4.79 Å². The molecule has 1 unspecified atom stereocenters. The van der Waals surface area contributed by atoms with Crippen LogP contribution in [0.3, 0.4) is 0 Å². The molecule has 0 bridgehead atoms. The lowest BCUT2D eigenvalue weighted by Crippen LogP contribution is -2.49. The maximum absolute atomic E-state index is 13.3. The van der Waals surface area contributed by atoms with Gasteiger partial charge in [-0.05, 0) is 25.5 Å². The molecule has 0 aromatic carbocycles. The maximum atomic E-state index is 13.3. The SMILES string of the molecule is Cc1cc2ncc(C(=O)N3CCNCC3c3cccnc3)c(C)n2n1. The molecule has 1 atom stereocenters. The van der Waals surface area contributed by atoms with E-state index < -0.39 is 0 Å². The van der Waals surface area contributed by atoms with Gasteiger partial charge in [-0.1, -0.05) is 6.07 Å². The highest BCUT2D eigenvalue weighted by atomic mass is 16.2. The summed E-state index contributed by atoms with van der Waals surface area (Å²) in [5, 5.41) is 7.80. The summed E-state index contributed by atoms with van der Waals surface area (Å²) in [4.78, 5) is 23.8. The predicted octanol–water partition coefficient (Wildman–Crippen LogP) is 1.53. The molecule has 7 nitrogen and oxygen atoms in total. The van der Waals surface area contributed by atoms with E-state index in [1.54, 1.807) is 16.9 Å². The van der Waals surface area contributed by atoms with Crippen molar-refractivity contribution in [3.05, 3.63) is 59.3 Å². The lowest BCUT2D eigenvalue weighted by molar-refractivity contribution is 0.0632. The minimum atomic E-state index is -0.0376. The van der Waals surface area contributed by atoms with Gasteiger partial charge in [0.1, 0.15) is 0 Å². The molecule has 7 heteroatoms. The smallest absolute Gasteiger partial charge is 0.257 e. The van der Waals surface area contributed by atoms with Crippen LogP contribution in [0.2, 0.25) is 0 Å². The van der Waals surface area contributed by atoms with Crippen molar-refractivity contribution in [2.75, 3.05) is 19.6 Å². The number of hydrogen-bond acceptors (Lipinski definition) is 5. The fraction of sp³-hybridized carbons (Fsp3) is 0.333. The van der Waals surface area contributed by atoms with Gasteiger partial charge in [-0.15, -0.1) is 0 Å². The fourth-order valence-electron chi connectivity index (χ4n) is 3.35. The van der Waals surface area contributed by atoms with E-state index in [-0.39, 0.29) is 11.9 Å². The Kier molecular flexibility index (Phi) is 3.93. The third-order valence-electron chi connectivity index (χ3n) is 4.65. The molecule has 3 aromatic rings. The summed E-state index contributed by atoms with van der Waals surface area (Å²) in [6, 6.07) is 5.78. The molecular formula is C18H20N6O. The Hall–Kier alpha value is -2.80. The van der Waals surface area contributed by atoms with Crippen LogP contribution in [-0.2, 0) is 0 Å². The van der Waals surface area contributed by atoms with Crippen molar-refractivity contribution in [1.82, 2.24) is 29.8 Å². The van der Waals surface area contributed by atoms with E-state index in [0.717, 1.165) is 29.1 Å². The number of aromatic nitrogens is 4. The molecule has 128 valence electrons. The number of pyridine rings is 1. The van der Waals surface area contributed by atoms with Crippen LogP contribution in [0, 0.1) is 13.8 Å². The van der Waals surface area contributed by atoms with Gasteiger partial charge < -0.3 is 10.2 Å². The van der Waals surface area contributed by atoms with Gasteiger partial charge in [-0.3, -0.25) is 9.78 Å². The first kappa shape index (κ1) is 15.7. The van der Waals surface area contributed by atoms with Crippen LogP contribution in [0.5, 0.6) is 0 Å². The average molecular weight is 336 g/mol. The van der Waals surface area contributed by atoms with Gasteiger partial charge >= 0.3 is 0 Å². The Balaban J connectivity index is 1.72. The van der Waals surface area contributed by atoms with Gasteiger partial charge in [0, 0.05) is 44.3 Å². The van der Waals surface area contributed by atoms with Gasteiger partial charge in [0.2, 0.25) is 0 Å². The minimum absolute atomic E-state index is 0.0181. The van der Waals surface area contributed by atoms with Crippen LogP contribution in [0.15, 0.2) is 36.8 Å². The second-order valence-corrected chi connectivity index (χ2v) is 6.32. The normalized spacial score (nSPS) is 17.8. The summed E-state index contributed by atoms with van der Waals surface area (Å²) in [6.45, 7) is 5.97. The van der Waals surface area contributed by atoms with Crippen molar-refractivity contribution in [2.45, 2.75) is 19.9 Å². The summed E-state index contributed by atoms with van der Waals surface area (Å²) >= 11 is 0. The molecule has 4 rings (SSSR count). The summed E-state index contributed by atoms with van der Waals surface area (Å²) in [7, 11) is 0. The molecular weight excluding hydrogens is 316 g/mol. The molecule has 1 amide bonds. The summed E-state index contributed by atoms with van der Waals surface area (Å²) in [5.41, 5.74) is 4.08. The number of carbonyl (C=O) groups is 1. The Bertz CT molecular complexity index is 920. The number of fused-ring (bicyclic) bond motifs is 1. The second kappa shape index (κ2) is 6.25. The number of amides is 1. The summed E-state index contributed by atoms with van der Waals surface area (Å²) < 4.78 is 1.74. The minimum Gasteiger partial charge on any atom is -0.329 e. The first-order valence-corrected chi connectivity index (χ1v) is 8.39. The number of piperazine rings is 1. The summed E-state index contributed by atoms with van der Waals surface area (Å²) in [6.07, 6.45) is 5.23. The van der Waals surface area contributed by atoms with E-state index in [0.29, 0.717) is 18.7 Å². The molecule has 1 N–H and O–H groups in total. The maximum Gasteiger partial charge on any atom is 0.257 e. The van der Waals surface area contributed by atoms with E-state index in [1.165, 1.54) is 0 Å². The Morgan fingerprint density at radius 2 is 2.20 bits per heavy atom. The summed E-state index contributed by atoms with van der Waals surface area (Å²) in [5.74, 6) is -0.0181. The molecule has 0 saturated carbocycles. The average Bonchev–Trinajstić information content (AvgIpc) is 3.04. The van der Waals surface area contributed by atoms with Crippen LogP contribution in [0.1, 0.15) is 33.4 Å². The predicted molar refractivity (Wildman–Crippen MR) is 93.3 cm³/mol. The van der Waals surface area contributed by atoms with Crippen molar-refractivity contribution >= 4 is 11.6 Å². The zero-order valence-electron chi connectivity index (χ0n) is 14.3. The van der Waals surface area contributed by atoms with Gasteiger partial charge in [-0.25, -0.2) is 9.50 Å². The molecule has 1 fully saturated rings. The van der Waals surface area contributed by atoms with Gasteiger partial charge in [0.05, 0.1) is 23.0 Å². The lowest BCUT2D eigenvalue weighted by Gasteiger charge is -2.36. The molecule has 0 radical (unpaired) electrons. The van der Waals surface area contributed by atoms with Gasteiger partial charge in [0.25, 0.3) is 5.91 Å². The fourth-order valence-corrected chi connectivity index (χ4v) is 3.35. The van der Waals surface area contributed by atoms with E-state index >= 15 is 0 Å². The van der Waals surface area contributed by atoms with Gasteiger partial charge in [0.15, 0.2) is 5.65 Å². The van der Waals surface area contributed by atoms with Crippen LogP contribution >= 0.6 is 0 Å². The topological polar surface area (TPSA) is 75.4 Å². The number of hydrogen-bond donors (Lipinski definition) is 1. The largest absolute Gasteiger partial charge is 0.329 e. The number of nitrogens with zero attached hydrogens (tertiary/aromatic N) is 5. The molecule has 1 aliphatic heterocycles. The van der Waals surface area contributed by atoms with Crippen LogP contribution < -0.4 is 5.32 Å². The van der Waals surface area contributed by atoms with E-state index in [2.05, 4.69) is 20.4 Å². The first-order chi connectivity index (χ1) is 12.1. The van der Waals surface area contributed by atoms with Crippen LogP contribution in [-0.4, -0.2) is 50.0 Å². The molecule has 1 aliphatic rings. The highest BCUT2D eigenvalue weighted by molar-refractivity contribution is 5.95. The number of aryl methyl sites for hydroxylation is 2. The van der Waals surface area contributed by atoms with E-state index in [4.69, 9.17) is 0 Å². The van der Waals surface area contributed by atoms with E-state index in [1.807, 2.05) is 43.1 Å². The number of carbonyl (C=O) groups excluding carboxylic acids is 1. The van der Waals surface area contributed by atoms with Crippen LogP contribution in [0.4, 0.5) is 0 Å². The lowest BCUT2D eigenvalue weighted by atomic mass is 10.0. The standard InChI is InChI=1S/C18H20N6O/c1-12-8-17-21-10-15(13(2)24(17)22-12)18(25)23-7-6-20-11-16(23)14-4-3-5-19-9-14/h3-5,8-10,16,20H,6-7,11H2,1-2H3. The van der Waals surface area contributed by atoms with E-state index in [9.17, 15) is 4.79 Å². The Morgan fingerprint density at radius 1 is 1.32 bits per heavy atom. The van der Waals surface area contributed by atoms with Crippen molar-refractivity contribution in [3.63, 3.8) is 0 Å². The molecule has 25 heavy (non-hydrogen) atoms. The third kappa shape index (κ3) is 2.76. The van der Waals surface area contributed by atoms with Crippen molar-refractivity contribution in [2.24, 2.45) is 0 Å². The zero-order chi connectivity index (χ0) is 17.4. The molecule has 0 aliphatic carbocycles. The molecule has 1 saturated heterocycles. The van der Waals surface area contributed by atoms with Crippen molar-refractivity contribution in [1.29, 1.82) is 0 Å². The highest BCUT2D eigenvalue weighted by Crippen LogP contribution is 2.24. The number of nitrogens with one attached hydrogen (secondary N) is 1. The Morgan fingerprint density at radius 3 is 3.00 bits per heavy atom. The highest BCUT2D eigenvalue weighted by Gasteiger charge is 2.30. The zero-order valence-corrected chi connectivity index (χ0v) is 14.3. The van der Waals surface area contributed by atoms with Crippen molar-refractivity contribution in [3.8, 4) is 0 Å². The second-order valence-electron chi connectivity index (χ2n) is 6.32. The monoisotopic (exact) mass is 336 g/mol. The quantitative estimate of drug-likeness (QED) is 0.768. The number of rotatable bonds is 2. The molecule has 0 spiro atoms. The molecule has 3 aromatic heterocycles.